The van der Waals surface area contributed by atoms with Crippen LogP contribution in [0.5, 0.6) is 0 Å². The van der Waals surface area contributed by atoms with Crippen molar-refractivity contribution in [1.82, 2.24) is 9.55 Å². The van der Waals surface area contributed by atoms with Gasteiger partial charge in [0.1, 0.15) is 6.04 Å². The summed E-state index contributed by atoms with van der Waals surface area (Å²) in [5.74, 6) is -2.29. The molecule has 0 unspecified atom stereocenters. The number of nitrogens with zero attached hydrogens (tertiary/aromatic N) is 3. The summed E-state index contributed by atoms with van der Waals surface area (Å²) >= 11 is 0. The number of amides is 2. The summed E-state index contributed by atoms with van der Waals surface area (Å²) in [6.45, 7) is 0.905. The lowest BCUT2D eigenvalue weighted by Gasteiger charge is -2.15. The van der Waals surface area contributed by atoms with Gasteiger partial charge in [-0.2, -0.15) is 0 Å². The molecule has 7 nitrogen and oxygen atoms in total. The third-order valence-electron chi connectivity index (χ3n) is 4.99. The van der Waals surface area contributed by atoms with Crippen molar-refractivity contribution in [2.24, 2.45) is 0 Å². The van der Waals surface area contributed by atoms with Crippen LogP contribution in [0.4, 0.5) is 20.4 Å². The molecule has 156 valence electrons. The van der Waals surface area contributed by atoms with Crippen LogP contribution in [-0.2, 0) is 14.3 Å². The van der Waals surface area contributed by atoms with Crippen LogP contribution >= 0.6 is 0 Å². The molecule has 1 aliphatic rings. The second-order valence-electron chi connectivity index (χ2n) is 7.00. The summed E-state index contributed by atoms with van der Waals surface area (Å²) in [7, 11) is 1.59. The minimum Gasteiger partial charge on any atom is -0.385 e. The van der Waals surface area contributed by atoms with E-state index in [1.165, 1.54) is 6.07 Å². The number of halogens is 2. The molecular formula is C21H20F2N4O3. The van der Waals surface area contributed by atoms with E-state index in [9.17, 15) is 18.4 Å². The first-order valence-electron chi connectivity index (χ1n) is 9.52. The molecule has 0 radical (unpaired) electrons. The smallest absolute Gasteiger partial charge is 0.253 e. The molecule has 1 aromatic heterocycles. The van der Waals surface area contributed by atoms with Crippen LogP contribution in [0.1, 0.15) is 18.9 Å². The second-order valence-corrected chi connectivity index (χ2v) is 7.00. The number of methoxy groups -OCH3 is 1. The van der Waals surface area contributed by atoms with Crippen molar-refractivity contribution < 1.29 is 23.1 Å². The fourth-order valence-corrected chi connectivity index (χ4v) is 3.64. The molecule has 1 atom stereocenters. The van der Waals surface area contributed by atoms with Crippen molar-refractivity contribution in [1.29, 1.82) is 0 Å². The Bertz CT molecular complexity index is 1110. The molecule has 0 aliphatic carbocycles. The van der Waals surface area contributed by atoms with E-state index in [2.05, 4.69) is 10.3 Å². The number of carbonyl (C=O) groups is 2. The average molecular weight is 414 g/mol. The highest BCUT2D eigenvalue weighted by Gasteiger charge is 2.40. The molecule has 0 saturated heterocycles. The Balaban J connectivity index is 1.60. The summed E-state index contributed by atoms with van der Waals surface area (Å²) in [6.07, 6.45) is 0.463. The zero-order valence-electron chi connectivity index (χ0n) is 16.3. The summed E-state index contributed by atoms with van der Waals surface area (Å²) < 4.78 is 33.4. The van der Waals surface area contributed by atoms with Crippen molar-refractivity contribution in [3.05, 3.63) is 54.1 Å². The molecule has 30 heavy (non-hydrogen) atoms. The molecule has 0 fully saturated rings. The number of hydrogen-bond donors (Lipinski definition) is 1. The quantitative estimate of drug-likeness (QED) is 0.602. The van der Waals surface area contributed by atoms with Gasteiger partial charge in [0.2, 0.25) is 11.9 Å². The van der Waals surface area contributed by atoms with Gasteiger partial charge in [0.25, 0.3) is 5.91 Å². The highest BCUT2D eigenvalue weighted by Crippen LogP contribution is 2.36. The predicted octanol–water partition coefficient (Wildman–Crippen LogP) is 3.27. The molecular weight excluding hydrogens is 394 g/mol. The number of fused-ring (bicyclic) bond motifs is 3. The van der Waals surface area contributed by atoms with E-state index in [-0.39, 0.29) is 18.0 Å². The van der Waals surface area contributed by atoms with Crippen molar-refractivity contribution >= 4 is 34.5 Å². The number of aromatic nitrogens is 2. The fourth-order valence-electron chi connectivity index (χ4n) is 3.64. The van der Waals surface area contributed by atoms with Crippen LogP contribution in [-0.4, -0.2) is 41.6 Å². The van der Waals surface area contributed by atoms with E-state index in [4.69, 9.17) is 4.74 Å². The molecule has 2 heterocycles. The standard InChI is InChI=1S/C21H20F2N4O3/c1-30-10-4-9-26-20(29)18(27-17-6-3-2-5-16(17)25-21(26)27)12-19(28)24-13-7-8-14(22)15(23)11-13/h2-3,5-8,11,18H,4,9-10,12H2,1H3,(H,24,28)/t18-/m0/s1. The number of benzene rings is 2. The zero-order valence-corrected chi connectivity index (χ0v) is 16.3. The molecule has 0 saturated carbocycles. The highest BCUT2D eigenvalue weighted by molar-refractivity contribution is 6.05. The van der Waals surface area contributed by atoms with Gasteiger partial charge in [-0.05, 0) is 30.7 Å². The largest absolute Gasteiger partial charge is 0.385 e. The number of ether oxygens (including phenoxy) is 1. The normalized spacial score (nSPS) is 15.6. The van der Waals surface area contributed by atoms with E-state index in [1.54, 1.807) is 16.6 Å². The molecule has 1 N–H and O–H groups in total. The third-order valence-corrected chi connectivity index (χ3v) is 4.99. The predicted molar refractivity (Wildman–Crippen MR) is 107 cm³/mol. The summed E-state index contributed by atoms with van der Waals surface area (Å²) in [5, 5.41) is 2.53. The first-order valence-corrected chi connectivity index (χ1v) is 9.52. The zero-order chi connectivity index (χ0) is 21.3. The lowest BCUT2D eigenvalue weighted by Crippen LogP contribution is -2.32. The van der Waals surface area contributed by atoms with E-state index >= 15 is 0 Å². The molecule has 3 aromatic rings. The maximum Gasteiger partial charge on any atom is 0.253 e. The molecule has 1 aliphatic heterocycles. The van der Waals surface area contributed by atoms with Gasteiger partial charge in [0.15, 0.2) is 11.6 Å². The van der Waals surface area contributed by atoms with Gasteiger partial charge in [-0.25, -0.2) is 13.8 Å². The highest BCUT2D eigenvalue weighted by atomic mass is 19.2. The average Bonchev–Trinajstić information content (AvgIpc) is 3.21. The summed E-state index contributed by atoms with van der Waals surface area (Å²) in [4.78, 5) is 31.8. The van der Waals surface area contributed by atoms with Gasteiger partial charge in [0.05, 0.1) is 17.5 Å². The second kappa shape index (κ2) is 8.19. The van der Waals surface area contributed by atoms with Gasteiger partial charge in [0, 0.05) is 32.0 Å². The lowest BCUT2D eigenvalue weighted by atomic mass is 10.1. The fraction of sp³-hybridized carbons (Fsp3) is 0.286. The van der Waals surface area contributed by atoms with Crippen LogP contribution in [0.2, 0.25) is 0 Å². The number of carbonyl (C=O) groups excluding carboxylic acids is 2. The van der Waals surface area contributed by atoms with Crippen molar-refractivity contribution in [2.45, 2.75) is 18.9 Å². The number of imidazole rings is 1. The van der Waals surface area contributed by atoms with Crippen LogP contribution in [0.3, 0.4) is 0 Å². The van der Waals surface area contributed by atoms with Crippen LogP contribution in [0, 0.1) is 11.6 Å². The van der Waals surface area contributed by atoms with Gasteiger partial charge < -0.3 is 10.1 Å². The maximum absolute atomic E-state index is 13.4. The SMILES string of the molecule is COCCCN1C(=O)[C@H](CC(=O)Nc2ccc(F)c(F)c2)n2c1nc1ccccc12. The van der Waals surface area contributed by atoms with Gasteiger partial charge in [-0.15, -0.1) is 0 Å². The topological polar surface area (TPSA) is 76.5 Å². The number of anilines is 2. The minimum absolute atomic E-state index is 0.122. The third kappa shape index (κ3) is 3.63. The Kier molecular flexibility index (Phi) is 5.45. The first-order chi connectivity index (χ1) is 14.5. The molecule has 2 aromatic carbocycles. The Morgan fingerprint density at radius 3 is 2.77 bits per heavy atom. The van der Waals surface area contributed by atoms with Crippen molar-refractivity contribution in [3.8, 4) is 0 Å². The Labute approximate surface area is 171 Å². The summed E-state index contributed by atoms with van der Waals surface area (Å²) in [6, 6.07) is 9.71. The minimum atomic E-state index is -1.06. The van der Waals surface area contributed by atoms with E-state index < -0.39 is 23.6 Å². The number of para-hydroxylation sites is 2. The summed E-state index contributed by atoms with van der Waals surface area (Å²) in [5.41, 5.74) is 1.60. The Morgan fingerprint density at radius 1 is 1.20 bits per heavy atom. The Morgan fingerprint density at radius 2 is 2.00 bits per heavy atom. The van der Waals surface area contributed by atoms with Gasteiger partial charge >= 0.3 is 0 Å². The number of nitrogens with one attached hydrogen (secondary N) is 1. The van der Waals surface area contributed by atoms with E-state index in [0.29, 0.717) is 25.5 Å². The molecule has 0 spiro atoms. The van der Waals surface area contributed by atoms with E-state index in [1.807, 2.05) is 24.3 Å². The van der Waals surface area contributed by atoms with Crippen LogP contribution < -0.4 is 10.2 Å². The van der Waals surface area contributed by atoms with Crippen molar-refractivity contribution in [3.63, 3.8) is 0 Å². The van der Waals surface area contributed by atoms with E-state index in [0.717, 1.165) is 23.2 Å². The lowest BCUT2D eigenvalue weighted by molar-refractivity contribution is -0.124. The van der Waals surface area contributed by atoms with Crippen LogP contribution in [0.15, 0.2) is 42.5 Å². The molecule has 9 heteroatoms. The maximum atomic E-state index is 13.4. The molecule has 0 bridgehead atoms. The molecule has 2 amide bonds. The monoisotopic (exact) mass is 414 g/mol. The number of rotatable bonds is 7. The number of hydrogen-bond acceptors (Lipinski definition) is 4. The molecule has 4 rings (SSSR count). The van der Waals surface area contributed by atoms with Gasteiger partial charge in [-0.3, -0.25) is 19.1 Å². The van der Waals surface area contributed by atoms with Crippen molar-refractivity contribution in [2.75, 3.05) is 30.5 Å². The first kappa shape index (κ1) is 20.0. The van der Waals surface area contributed by atoms with Gasteiger partial charge in [-0.1, -0.05) is 12.1 Å². The Hall–Kier alpha value is -3.33. The van der Waals surface area contributed by atoms with Crippen LogP contribution in [0.25, 0.3) is 11.0 Å².